The van der Waals surface area contributed by atoms with Crippen molar-refractivity contribution in [1.82, 2.24) is 0 Å². The maximum Gasteiger partial charge on any atom is 0.328 e. The SMILES string of the molecule is Cc1ccc(OCc2cccc(C=CC(=O)O)c2)c(Cl)c1. The van der Waals surface area contributed by atoms with E-state index in [1.807, 2.05) is 49.4 Å². The molecule has 0 heterocycles. The van der Waals surface area contributed by atoms with Gasteiger partial charge in [0.05, 0.1) is 5.02 Å². The van der Waals surface area contributed by atoms with E-state index >= 15 is 0 Å². The van der Waals surface area contributed by atoms with Crippen LogP contribution >= 0.6 is 11.6 Å². The van der Waals surface area contributed by atoms with Gasteiger partial charge in [0.25, 0.3) is 0 Å². The summed E-state index contributed by atoms with van der Waals surface area (Å²) in [5, 5.41) is 9.20. The maximum atomic E-state index is 10.5. The Morgan fingerprint density at radius 2 is 2.10 bits per heavy atom. The molecule has 1 N–H and O–H groups in total. The first-order valence-electron chi connectivity index (χ1n) is 6.43. The Morgan fingerprint density at radius 1 is 1.29 bits per heavy atom. The van der Waals surface area contributed by atoms with Gasteiger partial charge in [-0.15, -0.1) is 0 Å². The normalized spacial score (nSPS) is 10.8. The highest BCUT2D eigenvalue weighted by molar-refractivity contribution is 6.32. The second-order valence-corrected chi connectivity index (χ2v) is 5.05. The van der Waals surface area contributed by atoms with Crippen molar-refractivity contribution in [3.05, 3.63) is 70.3 Å². The number of carbonyl (C=O) groups is 1. The highest BCUT2D eigenvalue weighted by Gasteiger charge is 2.02. The van der Waals surface area contributed by atoms with E-state index in [4.69, 9.17) is 21.4 Å². The molecule has 0 saturated heterocycles. The number of rotatable bonds is 5. The Kier molecular flexibility index (Phi) is 5.01. The van der Waals surface area contributed by atoms with Gasteiger partial charge < -0.3 is 9.84 Å². The largest absolute Gasteiger partial charge is 0.487 e. The molecule has 0 atom stereocenters. The quantitative estimate of drug-likeness (QED) is 0.836. The van der Waals surface area contributed by atoms with Crippen LogP contribution in [0.4, 0.5) is 0 Å². The number of carboxylic acid groups (broad SMARTS) is 1. The fourth-order valence-electron chi connectivity index (χ4n) is 1.84. The summed E-state index contributed by atoms with van der Waals surface area (Å²) in [5.74, 6) is -0.336. The fourth-order valence-corrected chi connectivity index (χ4v) is 2.13. The first kappa shape index (κ1) is 15.1. The lowest BCUT2D eigenvalue weighted by Crippen LogP contribution is -1.96. The smallest absolute Gasteiger partial charge is 0.328 e. The van der Waals surface area contributed by atoms with E-state index in [-0.39, 0.29) is 0 Å². The molecule has 0 fully saturated rings. The molecular formula is C17H15ClO3. The molecule has 0 saturated carbocycles. The Morgan fingerprint density at radius 3 is 2.81 bits per heavy atom. The Balaban J connectivity index is 2.06. The van der Waals surface area contributed by atoms with Crippen molar-refractivity contribution in [3.63, 3.8) is 0 Å². The molecule has 4 heteroatoms. The molecule has 21 heavy (non-hydrogen) atoms. The van der Waals surface area contributed by atoms with Gasteiger partial charge in [0.15, 0.2) is 0 Å². The van der Waals surface area contributed by atoms with Gasteiger partial charge in [-0.2, -0.15) is 0 Å². The second kappa shape index (κ2) is 6.95. The van der Waals surface area contributed by atoms with E-state index in [1.54, 1.807) is 6.08 Å². The van der Waals surface area contributed by atoms with Gasteiger partial charge in [0, 0.05) is 6.08 Å². The molecule has 2 aromatic rings. The number of hydrogen-bond acceptors (Lipinski definition) is 2. The van der Waals surface area contributed by atoms with Gasteiger partial charge in [-0.05, 0) is 47.9 Å². The third kappa shape index (κ3) is 4.65. The molecule has 0 spiro atoms. The lowest BCUT2D eigenvalue weighted by Gasteiger charge is -2.09. The number of benzene rings is 2. The molecule has 0 aliphatic rings. The topological polar surface area (TPSA) is 46.5 Å². The van der Waals surface area contributed by atoms with Crippen molar-refractivity contribution in [2.45, 2.75) is 13.5 Å². The Labute approximate surface area is 128 Å². The van der Waals surface area contributed by atoms with Crippen LogP contribution in [-0.4, -0.2) is 11.1 Å². The minimum atomic E-state index is -0.969. The third-order valence-electron chi connectivity index (χ3n) is 2.85. The van der Waals surface area contributed by atoms with E-state index in [0.29, 0.717) is 17.4 Å². The van der Waals surface area contributed by atoms with Crippen LogP contribution in [0.15, 0.2) is 48.5 Å². The minimum absolute atomic E-state index is 0.373. The van der Waals surface area contributed by atoms with Crippen molar-refractivity contribution < 1.29 is 14.6 Å². The molecule has 2 rings (SSSR count). The van der Waals surface area contributed by atoms with Crippen molar-refractivity contribution in [2.24, 2.45) is 0 Å². The van der Waals surface area contributed by atoms with Crippen LogP contribution in [0.1, 0.15) is 16.7 Å². The monoisotopic (exact) mass is 302 g/mol. The minimum Gasteiger partial charge on any atom is -0.487 e. The number of aliphatic carboxylic acids is 1. The van der Waals surface area contributed by atoms with Crippen LogP contribution in [-0.2, 0) is 11.4 Å². The molecule has 0 aromatic heterocycles. The first-order chi connectivity index (χ1) is 10.0. The molecule has 3 nitrogen and oxygen atoms in total. The molecule has 0 radical (unpaired) electrons. The van der Waals surface area contributed by atoms with Crippen molar-refractivity contribution in [1.29, 1.82) is 0 Å². The van der Waals surface area contributed by atoms with Crippen LogP contribution in [0, 0.1) is 6.92 Å². The van der Waals surface area contributed by atoms with Gasteiger partial charge in [0.2, 0.25) is 0 Å². The van der Waals surface area contributed by atoms with E-state index in [1.165, 1.54) is 0 Å². The zero-order valence-corrected chi connectivity index (χ0v) is 12.3. The molecule has 0 bridgehead atoms. The zero-order chi connectivity index (χ0) is 15.2. The average molecular weight is 303 g/mol. The highest BCUT2D eigenvalue weighted by Crippen LogP contribution is 2.26. The summed E-state index contributed by atoms with van der Waals surface area (Å²) in [7, 11) is 0. The molecule has 108 valence electrons. The average Bonchev–Trinajstić information content (AvgIpc) is 2.45. The standard InChI is InChI=1S/C17H15ClO3/c1-12-5-7-16(15(18)9-12)21-11-14-4-2-3-13(10-14)6-8-17(19)20/h2-10H,11H2,1H3,(H,19,20). The third-order valence-corrected chi connectivity index (χ3v) is 3.15. The summed E-state index contributed by atoms with van der Waals surface area (Å²) in [6.45, 7) is 2.34. The highest BCUT2D eigenvalue weighted by atomic mass is 35.5. The van der Waals surface area contributed by atoms with Gasteiger partial charge >= 0.3 is 5.97 Å². The van der Waals surface area contributed by atoms with Gasteiger partial charge in [0.1, 0.15) is 12.4 Å². The lowest BCUT2D eigenvalue weighted by atomic mass is 10.1. The summed E-state index contributed by atoms with van der Waals surface area (Å²) in [6.07, 6.45) is 2.65. The maximum absolute atomic E-state index is 10.5. The van der Waals surface area contributed by atoms with Crippen LogP contribution in [0.3, 0.4) is 0 Å². The van der Waals surface area contributed by atoms with Crippen LogP contribution in [0.25, 0.3) is 6.08 Å². The number of halogens is 1. The number of hydrogen-bond donors (Lipinski definition) is 1. The van der Waals surface area contributed by atoms with Crippen LogP contribution < -0.4 is 4.74 Å². The summed E-state index contributed by atoms with van der Waals surface area (Å²) in [6, 6.07) is 13.1. The number of carboxylic acids is 1. The van der Waals surface area contributed by atoms with Gasteiger partial charge in [-0.25, -0.2) is 4.79 Å². The molecule has 0 aliphatic carbocycles. The van der Waals surface area contributed by atoms with E-state index in [2.05, 4.69) is 0 Å². The predicted octanol–water partition coefficient (Wildman–Crippen LogP) is 4.33. The summed E-state index contributed by atoms with van der Waals surface area (Å²) >= 11 is 6.11. The lowest BCUT2D eigenvalue weighted by molar-refractivity contribution is -0.131. The molecule has 0 aliphatic heterocycles. The predicted molar refractivity (Wildman–Crippen MR) is 83.6 cm³/mol. The molecular weight excluding hydrogens is 288 g/mol. The number of aryl methyl sites for hydroxylation is 1. The second-order valence-electron chi connectivity index (χ2n) is 4.64. The molecule has 2 aromatic carbocycles. The summed E-state index contributed by atoms with van der Waals surface area (Å²) in [4.78, 5) is 10.5. The molecule has 0 amide bonds. The summed E-state index contributed by atoms with van der Waals surface area (Å²) in [5.41, 5.74) is 2.83. The van der Waals surface area contributed by atoms with Gasteiger partial charge in [-0.1, -0.05) is 35.9 Å². The number of ether oxygens (including phenoxy) is 1. The van der Waals surface area contributed by atoms with Crippen molar-refractivity contribution >= 4 is 23.6 Å². The molecule has 0 unspecified atom stereocenters. The van der Waals surface area contributed by atoms with E-state index < -0.39 is 5.97 Å². The Hall–Kier alpha value is -2.26. The van der Waals surface area contributed by atoms with Crippen molar-refractivity contribution in [2.75, 3.05) is 0 Å². The van der Waals surface area contributed by atoms with Crippen LogP contribution in [0.5, 0.6) is 5.75 Å². The Bertz CT molecular complexity index is 677. The van der Waals surface area contributed by atoms with Crippen LogP contribution in [0.2, 0.25) is 5.02 Å². The van der Waals surface area contributed by atoms with E-state index in [9.17, 15) is 4.79 Å². The fraction of sp³-hybridized carbons (Fsp3) is 0.118. The van der Waals surface area contributed by atoms with Gasteiger partial charge in [-0.3, -0.25) is 0 Å². The zero-order valence-electron chi connectivity index (χ0n) is 11.5. The van der Waals surface area contributed by atoms with Crippen molar-refractivity contribution in [3.8, 4) is 5.75 Å². The first-order valence-corrected chi connectivity index (χ1v) is 6.81. The van der Waals surface area contributed by atoms with E-state index in [0.717, 1.165) is 22.8 Å². The summed E-state index contributed by atoms with van der Waals surface area (Å²) < 4.78 is 5.69.